The molecular weight excluding hydrogens is 446 g/mol. The molecule has 0 spiro atoms. The van der Waals surface area contributed by atoms with E-state index in [4.69, 9.17) is 14.2 Å². The van der Waals surface area contributed by atoms with E-state index < -0.39 is 17.7 Å². The van der Waals surface area contributed by atoms with Crippen molar-refractivity contribution in [3.05, 3.63) is 88.5 Å². The largest absolute Gasteiger partial charge is 0.507 e. The van der Waals surface area contributed by atoms with Gasteiger partial charge in [0, 0.05) is 16.8 Å². The number of aliphatic hydroxyl groups is 1. The zero-order chi connectivity index (χ0) is 24.7. The quantitative estimate of drug-likeness (QED) is 0.337. The fraction of sp³-hybridized carbons (Fsp3) is 0.214. The lowest BCUT2D eigenvalue weighted by Crippen LogP contribution is -2.30. The van der Waals surface area contributed by atoms with E-state index in [0.29, 0.717) is 47.3 Å². The smallest absolute Gasteiger partial charge is 0.300 e. The number of anilines is 1. The number of fused-ring (bicyclic) bond motifs is 1. The molecule has 0 radical (unpaired) electrons. The standard InChI is InChI=1S/C28H25NO6/c1-16-8-9-17(2)20(14-16)29-25(19-6-4-5-7-21(19)33-3)24(27(31)28(29)32)26(30)18-10-11-22-23(15-18)35-13-12-34-22/h4-11,14-15,25,30H,12-13H2,1-3H3/b26-24+. The SMILES string of the molecule is COc1ccccc1C1/C(=C(\O)c2ccc3c(c2)OCCO3)C(=O)C(=O)N1c1cc(C)ccc1C. The molecular formula is C28H25NO6. The Balaban J connectivity index is 1.75. The highest BCUT2D eigenvalue weighted by molar-refractivity contribution is 6.51. The number of Topliss-reactive ketones (excluding diaryl/α,β-unsaturated/α-hetero) is 1. The summed E-state index contributed by atoms with van der Waals surface area (Å²) in [6.07, 6.45) is 0. The monoisotopic (exact) mass is 471 g/mol. The molecule has 1 N–H and O–H groups in total. The van der Waals surface area contributed by atoms with Crippen LogP contribution in [-0.2, 0) is 9.59 Å². The number of carbonyl (C=O) groups is 2. The van der Waals surface area contributed by atoms with Gasteiger partial charge in [0.2, 0.25) is 0 Å². The van der Waals surface area contributed by atoms with Gasteiger partial charge in [-0.3, -0.25) is 14.5 Å². The normalized spacial score (nSPS) is 18.6. The predicted molar refractivity (Wildman–Crippen MR) is 131 cm³/mol. The number of hydrogen-bond acceptors (Lipinski definition) is 6. The number of para-hydroxylation sites is 1. The van der Waals surface area contributed by atoms with E-state index in [0.717, 1.165) is 11.1 Å². The van der Waals surface area contributed by atoms with E-state index in [1.165, 1.54) is 12.0 Å². The molecule has 0 saturated carbocycles. The van der Waals surface area contributed by atoms with Crippen LogP contribution in [0.1, 0.15) is 28.3 Å². The van der Waals surface area contributed by atoms with Gasteiger partial charge in [-0.15, -0.1) is 0 Å². The number of aliphatic hydroxyl groups excluding tert-OH is 1. The molecule has 5 rings (SSSR count). The van der Waals surface area contributed by atoms with E-state index in [2.05, 4.69) is 0 Å². The van der Waals surface area contributed by atoms with Gasteiger partial charge in [0.05, 0.1) is 18.7 Å². The van der Waals surface area contributed by atoms with E-state index in [9.17, 15) is 14.7 Å². The fourth-order valence-electron chi connectivity index (χ4n) is 4.59. The van der Waals surface area contributed by atoms with Crippen molar-refractivity contribution in [2.75, 3.05) is 25.2 Å². The van der Waals surface area contributed by atoms with Crippen molar-refractivity contribution in [1.82, 2.24) is 0 Å². The lowest BCUT2D eigenvalue weighted by molar-refractivity contribution is -0.132. The summed E-state index contributed by atoms with van der Waals surface area (Å²) >= 11 is 0. The molecule has 0 aromatic heterocycles. The van der Waals surface area contributed by atoms with Crippen molar-refractivity contribution < 1.29 is 28.9 Å². The molecule has 0 bridgehead atoms. The third-order valence-corrected chi connectivity index (χ3v) is 6.32. The molecule has 1 fully saturated rings. The highest BCUT2D eigenvalue weighted by atomic mass is 16.6. The van der Waals surface area contributed by atoms with Crippen molar-refractivity contribution in [3.63, 3.8) is 0 Å². The molecule has 0 aliphatic carbocycles. The molecule has 1 saturated heterocycles. The molecule has 2 heterocycles. The molecule has 7 nitrogen and oxygen atoms in total. The topological polar surface area (TPSA) is 85.3 Å². The minimum atomic E-state index is -0.889. The first-order valence-electron chi connectivity index (χ1n) is 11.3. The minimum absolute atomic E-state index is 0.0166. The van der Waals surface area contributed by atoms with Gasteiger partial charge in [-0.05, 0) is 55.3 Å². The second-order valence-corrected chi connectivity index (χ2v) is 8.56. The van der Waals surface area contributed by atoms with Crippen molar-refractivity contribution in [2.24, 2.45) is 0 Å². The maximum Gasteiger partial charge on any atom is 0.300 e. The summed E-state index contributed by atoms with van der Waals surface area (Å²) < 4.78 is 16.8. The van der Waals surface area contributed by atoms with Crippen molar-refractivity contribution in [1.29, 1.82) is 0 Å². The molecule has 1 amide bonds. The summed E-state index contributed by atoms with van der Waals surface area (Å²) in [6.45, 7) is 4.63. The minimum Gasteiger partial charge on any atom is -0.507 e. The Labute approximate surface area is 203 Å². The molecule has 2 aliphatic heterocycles. The van der Waals surface area contributed by atoms with Gasteiger partial charge < -0.3 is 19.3 Å². The number of benzene rings is 3. The van der Waals surface area contributed by atoms with Crippen LogP contribution in [0.25, 0.3) is 5.76 Å². The predicted octanol–water partition coefficient (Wildman–Crippen LogP) is 4.71. The number of rotatable bonds is 4. The Kier molecular flexibility index (Phi) is 5.68. The Morgan fingerprint density at radius 3 is 2.49 bits per heavy atom. The van der Waals surface area contributed by atoms with Crippen molar-refractivity contribution in [2.45, 2.75) is 19.9 Å². The number of hydrogen-bond donors (Lipinski definition) is 1. The third-order valence-electron chi connectivity index (χ3n) is 6.32. The van der Waals surface area contributed by atoms with Crippen LogP contribution < -0.4 is 19.1 Å². The number of methoxy groups -OCH3 is 1. The van der Waals surface area contributed by atoms with Crippen LogP contribution >= 0.6 is 0 Å². The Hall–Kier alpha value is -4.26. The number of aryl methyl sites for hydroxylation is 2. The number of carbonyl (C=O) groups excluding carboxylic acids is 2. The van der Waals surface area contributed by atoms with Gasteiger partial charge in [0.15, 0.2) is 11.5 Å². The van der Waals surface area contributed by atoms with Crippen LogP contribution in [-0.4, -0.2) is 37.1 Å². The fourth-order valence-corrected chi connectivity index (χ4v) is 4.59. The molecule has 2 aliphatic rings. The van der Waals surface area contributed by atoms with Crippen LogP contribution in [0.4, 0.5) is 5.69 Å². The van der Waals surface area contributed by atoms with Crippen molar-refractivity contribution in [3.8, 4) is 17.2 Å². The third kappa shape index (κ3) is 3.79. The molecule has 3 aromatic carbocycles. The molecule has 3 aromatic rings. The molecule has 1 unspecified atom stereocenters. The summed E-state index contributed by atoms with van der Waals surface area (Å²) in [4.78, 5) is 28.4. The van der Waals surface area contributed by atoms with Crippen LogP contribution in [0.3, 0.4) is 0 Å². The van der Waals surface area contributed by atoms with Gasteiger partial charge in [-0.1, -0.05) is 30.3 Å². The second kappa shape index (κ2) is 8.83. The Morgan fingerprint density at radius 2 is 1.71 bits per heavy atom. The molecule has 178 valence electrons. The second-order valence-electron chi connectivity index (χ2n) is 8.56. The number of amides is 1. The summed E-state index contributed by atoms with van der Waals surface area (Å²) in [5.41, 5.74) is 3.30. The average molecular weight is 472 g/mol. The number of ketones is 1. The maximum absolute atomic E-state index is 13.5. The number of nitrogens with zero attached hydrogens (tertiary/aromatic N) is 1. The van der Waals surface area contributed by atoms with Gasteiger partial charge in [-0.2, -0.15) is 0 Å². The first-order valence-corrected chi connectivity index (χ1v) is 11.3. The lowest BCUT2D eigenvalue weighted by Gasteiger charge is -2.28. The van der Waals surface area contributed by atoms with Crippen LogP contribution in [0.2, 0.25) is 0 Å². The molecule has 7 heteroatoms. The Morgan fingerprint density at radius 1 is 0.971 bits per heavy atom. The molecule has 1 atom stereocenters. The van der Waals surface area contributed by atoms with E-state index in [-0.39, 0.29) is 11.3 Å². The van der Waals surface area contributed by atoms with Gasteiger partial charge in [0.25, 0.3) is 11.7 Å². The lowest BCUT2D eigenvalue weighted by atomic mass is 9.94. The average Bonchev–Trinajstić information content (AvgIpc) is 3.14. The first-order chi connectivity index (χ1) is 16.9. The zero-order valence-electron chi connectivity index (χ0n) is 19.7. The van der Waals surface area contributed by atoms with Crippen LogP contribution in [0.5, 0.6) is 17.2 Å². The van der Waals surface area contributed by atoms with Gasteiger partial charge in [0.1, 0.15) is 24.7 Å². The van der Waals surface area contributed by atoms with E-state index in [1.54, 1.807) is 30.3 Å². The van der Waals surface area contributed by atoms with E-state index >= 15 is 0 Å². The van der Waals surface area contributed by atoms with Crippen LogP contribution in [0.15, 0.2) is 66.2 Å². The first kappa shape index (κ1) is 22.5. The van der Waals surface area contributed by atoms with Crippen molar-refractivity contribution >= 4 is 23.1 Å². The molecule has 35 heavy (non-hydrogen) atoms. The van der Waals surface area contributed by atoms with E-state index in [1.807, 2.05) is 44.2 Å². The zero-order valence-corrected chi connectivity index (χ0v) is 19.7. The number of ether oxygens (including phenoxy) is 3. The highest BCUT2D eigenvalue weighted by Gasteiger charge is 2.48. The van der Waals surface area contributed by atoms with Crippen LogP contribution in [0, 0.1) is 13.8 Å². The summed E-state index contributed by atoms with van der Waals surface area (Å²) in [6, 6.07) is 17.0. The summed E-state index contributed by atoms with van der Waals surface area (Å²) in [7, 11) is 1.53. The maximum atomic E-state index is 13.5. The van der Waals surface area contributed by atoms with Gasteiger partial charge >= 0.3 is 0 Å². The summed E-state index contributed by atoms with van der Waals surface area (Å²) in [5, 5.41) is 11.4. The summed E-state index contributed by atoms with van der Waals surface area (Å²) in [5.74, 6) is -0.238. The highest BCUT2D eigenvalue weighted by Crippen LogP contribution is 2.46. The van der Waals surface area contributed by atoms with Gasteiger partial charge in [-0.25, -0.2) is 0 Å². The Bertz CT molecular complexity index is 1380.